The first-order valence-electron chi connectivity index (χ1n) is 5.29. The topological polar surface area (TPSA) is 67.0 Å². The second-order valence-electron chi connectivity index (χ2n) is 4.83. The first-order chi connectivity index (χ1) is 7.28. The highest BCUT2D eigenvalue weighted by atomic mass is 16.6. The van der Waals surface area contributed by atoms with Crippen molar-refractivity contribution in [2.75, 3.05) is 0 Å². The lowest BCUT2D eigenvalue weighted by atomic mass is 10.2. The van der Waals surface area contributed by atoms with Crippen molar-refractivity contribution in [3.63, 3.8) is 0 Å². The van der Waals surface area contributed by atoms with Crippen molar-refractivity contribution in [3.05, 3.63) is 17.5 Å². The Hall–Kier alpha value is -1.52. The van der Waals surface area contributed by atoms with Gasteiger partial charge in [0.1, 0.15) is 5.60 Å². The van der Waals surface area contributed by atoms with Gasteiger partial charge in [-0.15, -0.1) is 0 Å². The predicted octanol–water partition coefficient (Wildman–Crippen LogP) is 2.30. The van der Waals surface area contributed by atoms with E-state index in [1.807, 2.05) is 40.7 Å². The van der Waals surface area contributed by atoms with E-state index in [2.05, 4.69) is 15.5 Å². The lowest BCUT2D eigenvalue weighted by molar-refractivity contribution is 0.0507. The Morgan fingerprint density at radius 3 is 2.62 bits per heavy atom. The van der Waals surface area contributed by atoms with E-state index in [0.717, 1.165) is 11.4 Å². The molecule has 1 atom stereocenters. The standard InChI is InChI=1S/C11H19N3O2/c1-7-6-9(14-13-7)8(2)12-10(15)16-11(3,4)5/h6,8H,1-5H3,(H,12,15)(H,13,14)/t8-/m1/s1. The molecule has 0 saturated carbocycles. The van der Waals surface area contributed by atoms with E-state index >= 15 is 0 Å². The van der Waals surface area contributed by atoms with E-state index in [0.29, 0.717) is 0 Å². The van der Waals surface area contributed by atoms with Gasteiger partial charge in [-0.2, -0.15) is 5.10 Å². The third-order valence-corrected chi connectivity index (χ3v) is 1.93. The number of rotatable bonds is 2. The number of carbonyl (C=O) groups is 1. The molecule has 0 aromatic carbocycles. The molecule has 1 rings (SSSR count). The van der Waals surface area contributed by atoms with Crippen LogP contribution in [0.3, 0.4) is 0 Å². The Morgan fingerprint density at radius 1 is 1.56 bits per heavy atom. The number of alkyl carbamates (subject to hydrolysis) is 1. The van der Waals surface area contributed by atoms with Crippen LogP contribution in [0.25, 0.3) is 0 Å². The molecule has 5 heteroatoms. The lowest BCUT2D eigenvalue weighted by Crippen LogP contribution is -2.34. The van der Waals surface area contributed by atoms with E-state index in [1.165, 1.54) is 0 Å². The largest absolute Gasteiger partial charge is 0.444 e. The van der Waals surface area contributed by atoms with Gasteiger partial charge in [-0.3, -0.25) is 5.10 Å². The van der Waals surface area contributed by atoms with Gasteiger partial charge in [0, 0.05) is 0 Å². The van der Waals surface area contributed by atoms with Crippen LogP contribution in [0.4, 0.5) is 4.79 Å². The molecular formula is C11H19N3O2. The van der Waals surface area contributed by atoms with Crippen LogP contribution in [0.1, 0.15) is 45.1 Å². The minimum Gasteiger partial charge on any atom is -0.444 e. The SMILES string of the molecule is Cc1cc([C@@H](C)NC(=O)OC(C)(C)C)[nH]n1. The Morgan fingerprint density at radius 2 is 2.19 bits per heavy atom. The minimum absolute atomic E-state index is 0.143. The first-order valence-corrected chi connectivity index (χ1v) is 5.29. The van der Waals surface area contributed by atoms with Crippen molar-refractivity contribution in [2.45, 2.75) is 46.3 Å². The number of amides is 1. The fraction of sp³-hybridized carbons (Fsp3) is 0.636. The summed E-state index contributed by atoms with van der Waals surface area (Å²) >= 11 is 0. The Kier molecular flexibility index (Phi) is 3.57. The molecule has 16 heavy (non-hydrogen) atoms. The second-order valence-corrected chi connectivity index (χ2v) is 4.83. The number of aryl methyl sites for hydroxylation is 1. The molecule has 0 aliphatic rings. The molecular weight excluding hydrogens is 206 g/mol. The molecule has 0 aliphatic carbocycles. The number of hydrogen-bond acceptors (Lipinski definition) is 3. The van der Waals surface area contributed by atoms with Gasteiger partial charge in [-0.05, 0) is 40.7 Å². The maximum atomic E-state index is 11.5. The van der Waals surface area contributed by atoms with E-state index in [-0.39, 0.29) is 6.04 Å². The van der Waals surface area contributed by atoms with Crippen molar-refractivity contribution in [1.82, 2.24) is 15.5 Å². The molecule has 2 N–H and O–H groups in total. The molecule has 0 radical (unpaired) electrons. The van der Waals surface area contributed by atoms with E-state index < -0.39 is 11.7 Å². The van der Waals surface area contributed by atoms with E-state index in [1.54, 1.807) is 0 Å². The molecule has 1 aromatic rings. The molecule has 1 heterocycles. The van der Waals surface area contributed by atoms with E-state index in [4.69, 9.17) is 4.74 Å². The zero-order valence-electron chi connectivity index (χ0n) is 10.4. The van der Waals surface area contributed by atoms with Gasteiger partial charge in [0.25, 0.3) is 0 Å². The van der Waals surface area contributed by atoms with Gasteiger partial charge in [0.15, 0.2) is 0 Å². The van der Waals surface area contributed by atoms with Crippen molar-refractivity contribution in [1.29, 1.82) is 0 Å². The molecule has 5 nitrogen and oxygen atoms in total. The molecule has 0 bridgehead atoms. The third kappa shape index (κ3) is 3.92. The summed E-state index contributed by atoms with van der Waals surface area (Å²) in [5.41, 5.74) is 1.28. The smallest absolute Gasteiger partial charge is 0.408 e. The molecule has 0 spiro atoms. The van der Waals surface area contributed by atoms with Crippen LogP contribution in [0.5, 0.6) is 0 Å². The highest BCUT2D eigenvalue weighted by Gasteiger charge is 2.18. The van der Waals surface area contributed by atoms with Gasteiger partial charge in [0.05, 0.1) is 17.4 Å². The van der Waals surface area contributed by atoms with Crippen LogP contribution < -0.4 is 5.32 Å². The molecule has 1 aromatic heterocycles. The molecule has 0 unspecified atom stereocenters. The van der Waals surface area contributed by atoms with Crippen LogP contribution >= 0.6 is 0 Å². The van der Waals surface area contributed by atoms with Crippen LogP contribution in [-0.2, 0) is 4.74 Å². The third-order valence-electron chi connectivity index (χ3n) is 1.93. The fourth-order valence-corrected chi connectivity index (χ4v) is 1.23. The number of H-pyrrole nitrogens is 1. The number of nitrogens with one attached hydrogen (secondary N) is 2. The summed E-state index contributed by atoms with van der Waals surface area (Å²) in [4.78, 5) is 11.5. The summed E-state index contributed by atoms with van der Waals surface area (Å²) in [5, 5.41) is 9.59. The summed E-state index contributed by atoms with van der Waals surface area (Å²) in [7, 11) is 0. The second kappa shape index (κ2) is 4.55. The Balaban J connectivity index is 2.52. The first kappa shape index (κ1) is 12.5. The zero-order valence-corrected chi connectivity index (χ0v) is 10.4. The van der Waals surface area contributed by atoms with Gasteiger partial charge < -0.3 is 10.1 Å². The van der Waals surface area contributed by atoms with Crippen LogP contribution in [0.2, 0.25) is 0 Å². The van der Waals surface area contributed by atoms with Crippen molar-refractivity contribution >= 4 is 6.09 Å². The average Bonchev–Trinajstić information content (AvgIpc) is 2.47. The number of aromatic nitrogens is 2. The zero-order chi connectivity index (χ0) is 12.3. The van der Waals surface area contributed by atoms with Crippen LogP contribution in [0.15, 0.2) is 6.07 Å². The normalized spacial score (nSPS) is 13.3. The monoisotopic (exact) mass is 225 g/mol. The Bertz CT molecular complexity index is 366. The summed E-state index contributed by atoms with van der Waals surface area (Å²) in [6, 6.07) is 1.75. The van der Waals surface area contributed by atoms with Crippen LogP contribution in [-0.4, -0.2) is 21.9 Å². The number of aromatic amines is 1. The number of hydrogen-bond donors (Lipinski definition) is 2. The van der Waals surface area contributed by atoms with Gasteiger partial charge in [0.2, 0.25) is 0 Å². The summed E-state index contributed by atoms with van der Waals surface area (Å²) < 4.78 is 5.15. The maximum absolute atomic E-state index is 11.5. The Labute approximate surface area is 95.6 Å². The number of ether oxygens (including phenoxy) is 1. The van der Waals surface area contributed by atoms with E-state index in [9.17, 15) is 4.79 Å². The summed E-state index contributed by atoms with van der Waals surface area (Å²) in [6.45, 7) is 9.25. The molecule has 1 amide bonds. The maximum Gasteiger partial charge on any atom is 0.408 e. The number of carbonyl (C=O) groups excluding carboxylic acids is 1. The quantitative estimate of drug-likeness (QED) is 0.811. The predicted molar refractivity (Wildman–Crippen MR) is 61.1 cm³/mol. The lowest BCUT2D eigenvalue weighted by Gasteiger charge is -2.21. The molecule has 90 valence electrons. The van der Waals surface area contributed by atoms with Crippen LogP contribution in [0, 0.1) is 6.92 Å². The minimum atomic E-state index is -0.478. The van der Waals surface area contributed by atoms with Gasteiger partial charge in [-0.25, -0.2) is 4.79 Å². The number of nitrogens with zero attached hydrogens (tertiary/aromatic N) is 1. The average molecular weight is 225 g/mol. The summed E-state index contributed by atoms with van der Waals surface area (Å²) in [5.74, 6) is 0. The molecule has 0 saturated heterocycles. The van der Waals surface area contributed by atoms with Gasteiger partial charge in [-0.1, -0.05) is 0 Å². The highest BCUT2D eigenvalue weighted by Crippen LogP contribution is 2.12. The van der Waals surface area contributed by atoms with Gasteiger partial charge >= 0.3 is 6.09 Å². The summed E-state index contributed by atoms with van der Waals surface area (Å²) in [6.07, 6.45) is -0.424. The fourth-order valence-electron chi connectivity index (χ4n) is 1.23. The van der Waals surface area contributed by atoms with Crippen molar-refractivity contribution in [2.24, 2.45) is 0 Å². The van der Waals surface area contributed by atoms with Crippen molar-refractivity contribution in [3.8, 4) is 0 Å². The van der Waals surface area contributed by atoms with Crippen molar-refractivity contribution < 1.29 is 9.53 Å². The molecule has 0 fully saturated rings. The molecule has 0 aliphatic heterocycles. The highest BCUT2D eigenvalue weighted by molar-refractivity contribution is 5.68.